The molecule has 0 aliphatic carbocycles. The van der Waals surface area contributed by atoms with Crippen molar-refractivity contribution in [3.8, 4) is 5.75 Å². The third-order valence-electron chi connectivity index (χ3n) is 4.90. The molecule has 1 aromatic rings. The van der Waals surface area contributed by atoms with Crippen LogP contribution in [-0.4, -0.2) is 35.9 Å². The van der Waals surface area contributed by atoms with Crippen LogP contribution in [0.25, 0.3) is 0 Å². The molecule has 2 amide bonds. The summed E-state index contributed by atoms with van der Waals surface area (Å²) in [5, 5.41) is 2.87. The van der Waals surface area contributed by atoms with Crippen molar-refractivity contribution in [3.05, 3.63) is 23.8 Å². The number of likely N-dealkylation sites (tertiary alicyclic amines) is 1. The summed E-state index contributed by atoms with van der Waals surface area (Å²) in [4.78, 5) is 25.7. The Morgan fingerprint density at radius 1 is 1.33 bits per heavy atom. The molecule has 1 unspecified atom stereocenters. The first kappa shape index (κ1) is 16.8. The lowest BCUT2D eigenvalue weighted by Crippen LogP contribution is -2.42. The maximum absolute atomic E-state index is 12.3. The summed E-state index contributed by atoms with van der Waals surface area (Å²) < 4.78 is 5.78. The molecule has 1 fully saturated rings. The fraction of sp³-hybridized carbons (Fsp3) is 0.579. The Kier molecular flexibility index (Phi) is 5.38. The highest BCUT2D eigenvalue weighted by Gasteiger charge is 2.22. The molecule has 0 saturated carbocycles. The van der Waals surface area contributed by atoms with Gasteiger partial charge in [-0.05, 0) is 62.8 Å². The number of nitrogens with zero attached hydrogens (tertiary/aromatic N) is 1. The smallest absolute Gasteiger partial charge is 0.224 e. The van der Waals surface area contributed by atoms with E-state index in [1.807, 2.05) is 23.1 Å². The molecule has 1 aromatic carbocycles. The van der Waals surface area contributed by atoms with Gasteiger partial charge in [-0.2, -0.15) is 0 Å². The number of anilines is 1. The van der Waals surface area contributed by atoms with Crippen LogP contribution in [0.5, 0.6) is 5.75 Å². The lowest BCUT2D eigenvalue weighted by Gasteiger charge is -2.33. The van der Waals surface area contributed by atoms with Crippen molar-refractivity contribution in [1.29, 1.82) is 0 Å². The van der Waals surface area contributed by atoms with Crippen LogP contribution in [0.1, 0.15) is 51.0 Å². The van der Waals surface area contributed by atoms with Gasteiger partial charge in [0.2, 0.25) is 11.8 Å². The van der Waals surface area contributed by atoms with E-state index in [0.29, 0.717) is 25.5 Å². The first-order valence-electron chi connectivity index (χ1n) is 8.98. The number of rotatable bonds is 5. The number of hydrogen-bond acceptors (Lipinski definition) is 3. The Balaban J connectivity index is 1.43. The highest BCUT2D eigenvalue weighted by atomic mass is 16.5. The molecule has 3 rings (SSSR count). The van der Waals surface area contributed by atoms with Gasteiger partial charge in [0.1, 0.15) is 5.75 Å². The minimum absolute atomic E-state index is 0.0709. The molecule has 0 aromatic heterocycles. The van der Waals surface area contributed by atoms with E-state index in [1.54, 1.807) is 0 Å². The van der Waals surface area contributed by atoms with E-state index in [1.165, 1.54) is 6.42 Å². The monoisotopic (exact) mass is 330 g/mol. The van der Waals surface area contributed by atoms with Crippen molar-refractivity contribution >= 4 is 17.5 Å². The minimum atomic E-state index is 0.0709. The van der Waals surface area contributed by atoms with Crippen LogP contribution >= 0.6 is 0 Å². The van der Waals surface area contributed by atoms with Crippen LogP contribution < -0.4 is 10.1 Å². The van der Waals surface area contributed by atoms with E-state index in [2.05, 4.69) is 12.2 Å². The van der Waals surface area contributed by atoms with Gasteiger partial charge >= 0.3 is 0 Å². The van der Waals surface area contributed by atoms with Crippen LogP contribution in [0.15, 0.2) is 18.2 Å². The van der Waals surface area contributed by atoms with Gasteiger partial charge in [0, 0.05) is 31.1 Å². The summed E-state index contributed by atoms with van der Waals surface area (Å²) in [6.45, 7) is 3.58. The van der Waals surface area contributed by atoms with Gasteiger partial charge < -0.3 is 15.0 Å². The number of ether oxygens (including phenoxy) is 1. The van der Waals surface area contributed by atoms with Crippen molar-refractivity contribution < 1.29 is 14.3 Å². The van der Waals surface area contributed by atoms with Crippen LogP contribution in [-0.2, 0) is 16.0 Å². The van der Waals surface area contributed by atoms with Gasteiger partial charge in [-0.3, -0.25) is 9.59 Å². The zero-order valence-electron chi connectivity index (χ0n) is 14.3. The maximum Gasteiger partial charge on any atom is 0.224 e. The summed E-state index contributed by atoms with van der Waals surface area (Å²) in [5.74, 6) is 1.13. The minimum Gasteiger partial charge on any atom is -0.494 e. The quantitative estimate of drug-likeness (QED) is 0.844. The SMILES string of the molecule is CC1CCCCN1C(=O)CCCOc1ccc2c(c1)CCC(=O)N2. The Bertz CT molecular complexity index is 615. The highest BCUT2D eigenvalue weighted by Crippen LogP contribution is 2.27. The number of aryl methyl sites for hydroxylation is 1. The molecule has 1 atom stereocenters. The molecule has 2 heterocycles. The molecule has 0 spiro atoms. The maximum atomic E-state index is 12.3. The Morgan fingerprint density at radius 3 is 3.04 bits per heavy atom. The Hall–Kier alpha value is -2.04. The van der Waals surface area contributed by atoms with Crippen LogP contribution in [0, 0.1) is 0 Å². The molecule has 1 N–H and O–H groups in total. The van der Waals surface area contributed by atoms with Gasteiger partial charge in [-0.25, -0.2) is 0 Å². The normalized spacial score (nSPS) is 20.3. The molecular formula is C19H26N2O3. The number of nitrogens with one attached hydrogen (secondary N) is 1. The predicted octanol–water partition coefficient (Wildman–Crippen LogP) is 3.13. The molecule has 2 aliphatic heterocycles. The van der Waals surface area contributed by atoms with Gasteiger partial charge in [0.25, 0.3) is 0 Å². The number of carbonyl (C=O) groups excluding carboxylic acids is 2. The summed E-state index contributed by atoms with van der Waals surface area (Å²) in [7, 11) is 0. The molecule has 1 saturated heterocycles. The fourth-order valence-corrected chi connectivity index (χ4v) is 3.48. The molecule has 2 aliphatic rings. The van der Waals surface area contributed by atoms with Crippen molar-refractivity contribution in [1.82, 2.24) is 4.90 Å². The summed E-state index contributed by atoms with van der Waals surface area (Å²) in [6, 6.07) is 6.13. The molecule has 5 nitrogen and oxygen atoms in total. The van der Waals surface area contributed by atoms with Crippen molar-refractivity contribution in [3.63, 3.8) is 0 Å². The zero-order chi connectivity index (χ0) is 16.9. The van der Waals surface area contributed by atoms with E-state index in [0.717, 1.165) is 49.2 Å². The predicted molar refractivity (Wildman–Crippen MR) is 93.1 cm³/mol. The van der Waals surface area contributed by atoms with Crippen molar-refractivity contribution in [2.75, 3.05) is 18.5 Å². The van der Waals surface area contributed by atoms with E-state index < -0.39 is 0 Å². The average Bonchev–Trinajstić information content (AvgIpc) is 2.59. The van der Waals surface area contributed by atoms with Crippen LogP contribution in [0.4, 0.5) is 5.69 Å². The Labute approximate surface area is 143 Å². The third-order valence-corrected chi connectivity index (χ3v) is 4.90. The molecule has 130 valence electrons. The van der Waals surface area contributed by atoms with Crippen LogP contribution in [0.2, 0.25) is 0 Å². The van der Waals surface area contributed by atoms with Crippen LogP contribution in [0.3, 0.4) is 0 Å². The number of hydrogen-bond donors (Lipinski definition) is 1. The number of fused-ring (bicyclic) bond motifs is 1. The second-order valence-corrected chi connectivity index (χ2v) is 6.75. The highest BCUT2D eigenvalue weighted by molar-refractivity contribution is 5.94. The third kappa shape index (κ3) is 4.08. The lowest BCUT2D eigenvalue weighted by molar-refractivity contribution is -0.134. The number of carbonyl (C=O) groups is 2. The largest absolute Gasteiger partial charge is 0.494 e. The van der Waals surface area contributed by atoms with E-state index in [4.69, 9.17) is 4.74 Å². The van der Waals surface area contributed by atoms with Gasteiger partial charge in [-0.1, -0.05) is 0 Å². The fourth-order valence-electron chi connectivity index (χ4n) is 3.48. The van der Waals surface area contributed by atoms with Gasteiger partial charge in [0.05, 0.1) is 6.61 Å². The average molecular weight is 330 g/mol. The van der Waals surface area contributed by atoms with Crippen molar-refractivity contribution in [2.24, 2.45) is 0 Å². The molecule has 24 heavy (non-hydrogen) atoms. The molecule has 0 radical (unpaired) electrons. The molecular weight excluding hydrogens is 304 g/mol. The second-order valence-electron chi connectivity index (χ2n) is 6.75. The summed E-state index contributed by atoms with van der Waals surface area (Å²) in [5.41, 5.74) is 2.00. The summed E-state index contributed by atoms with van der Waals surface area (Å²) >= 11 is 0. The zero-order valence-corrected chi connectivity index (χ0v) is 14.3. The topological polar surface area (TPSA) is 58.6 Å². The number of amides is 2. The van der Waals surface area contributed by atoms with Crippen molar-refractivity contribution in [2.45, 2.75) is 57.9 Å². The van der Waals surface area contributed by atoms with E-state index >= 15 is 0 Å². The number of benzene rings is 1. The van der Waals surface area contributed by atoms with Gasteiger partial charge in [-0.15, -0.1) is 0 Å². The standard InChI is InChI=1S/C19H26N2O3/c1-14-5-2-3-11-21(14)19(23)6-4-12-24-16-8-9-17-15(13-16)7-10-18(22)20-17/h8-9,13-14H,2-7,10-12H2,1H3,(H,20,22). The molecule has 5 heteroatoms. The van der Waals surface area contributed by atoms with E-state index in [9.17, 15) is 9.59 Å². The second kappa shape index (κ2) is 7.69. The summed E-state index contributed by atoms with van der Waals surface area (Å²) in [6.07, 6.45) is 6.03. The first-order valence-corrected chi connectivity index (χ1v) is 8.98. The first-order chi connectivity index (χ1) is 11.6. The van der Waals surface area contributed by atoms with Gasteiger partial charge in [0.15, 0.2) is 0 Å². The molecule has 0 bridgehead atoms. The Morgan fingerprint density at radius 2 is 2.21 bits per heavy atom. The lowest BCUT2D eigenvalue weighted by atomic mass is 10.0. The number of piperidine rings is 1. The van der Waals surface area contributed by atoms with E-state index in [-0.39, 0.29) is 11.8 Å².